The van der Waals surface area contributed by atoms with Gasteiger partial charge in [-0.15, -0.1) is 0 Å². The Morgan fingerprint density at radius 3 is 2.78 bits per heavy atom. The lowest BCUT2D eigenvalue weighted by atomic mass is 10.1. The second-order valence-corrected chi connectivity index (χ2v) is 4.27. The lowest BCUT2D eigenvalue weighted by Gasteiger charge is -2.05. The number of carbonyl (C=O) groups excluding carboxylic acids is 1. The van der Waals surface area contributed by atoms with Crippen molar-refractivity contribution in [3.8, 4) is 0 Å². The number of nitro benzene ring substituents is 1. The van der Waals surface area contributed by atoms with E-state index in [-0.39, 0.29) is 16.9 Å². The van der Waals surface area contributed by atoms with Gasteiger partial charge in [-0.25, -0.2) is 0 Å². The summed E-state index contributed by atoms with van der Waals surface area (Å²) >= 11 is 1.43. The molecule has 7 heteroatoms. The molecular weight excluding hydrogens is 254 g/mol. The van der Waals surface area contributed by atoms with Gasteiger partial charge in [0.25, 0.3) is 11.6 Å². The van der Waals surface area contributed by atoms with Crippen molar-refractivity contribution in [2.24, 2.45) is 0 Å². The van der Waals surface area contributed by atoms with Crippen LogP contribution in [0.2, 0.25) is 0 Å². The number of nitrogens with zero attached hydrogens (tertiary/aromatic N) is 1. The molecule has 1 heterocycles. The Bertz CT molecular complexity index is 596. The Hall–Kier alpha value is -2.41. The summed E-state index contributed by atoms with van der Waals surface area (Å²) in [7, 11) is 0. The van der Waals surface area contributed by atoms with Crippen LogP contribution < -0.4 is 11.1 Å². The summed E-state index contributed by atoms with van der Waals surface area (Å²) in [5.74, 6) is -0.463. The van der Waals surface area contributed by atoms with E-state index in [9.17, 15) is 14.9 Å². The summed E-state index contributed by atoms with van der Waals surface area (Å²) in [6.45, 7) is 0. The predicted molar refractivity (Wildman–Crippen MR) is 69.8 cm³/mol. The van der Waals surface area contributed by atoms with Gasteiger partial charge in [0.1, 0.15) is 0 Å². The monoisotopic (exact) mass is 263 g/mol. The van der Waals surface area contributed by atoms with Gasteiger partial charge < -0.3 is 11.1 Å². The van der Waals surface area contributed by atoms with Crippen LogP contribution in [-0.4, -0.2) is 10.8 Å². The van der Waals surface area contributed by atoms with Crippen LogP contribution in [0.3, 0.4) is 0 Å². The van der Waals surface area contributed by atoms with E-state index in [2.05, 4.69) is 5.32 Å². The van der Waals surface area contributed by atoms with Crippen LogP contribution >= 0.6 is 11.3 Å². The van der Waals surface area contributed by atoms with Crippen molar-refractivity contribution in [1.29, 1.82) is 0 Å². The summed E-state index contributed by atoms with van der Waals surface area (Å²) in [4.78, 5) is 22.0. The van der Waals surface area contributed by atoms with E-state index in [1.165, 1.54) is 23.5 Å². The maximum Gasteiger partial charge on any atom is 0.270 e. The number of nitrogen functional groups attached to an aromatic ring is 1. The molecule has 0 fully saturated rings. The molecule has 6 nitrogen and oxygen atoms in total. The molecule has 0 aliphatic heterocycles. The standard InChI is InChI=1S/C11H9N3O3S/c12-10-2-1-8(14(16)17)5-9(10)11(15)13-7-3-4-18-6-7/h1-6H,12H2,(H,13,15). The molecule has 0 saturated carbocycles. The highest BCUT2D eigenvalue weighted by Crippen LogP contribution is 2.21. The van der Waals surface area contributed by atoms with Crippen LogP contribution in [0.15, 0.2) is 35.0 Å². The number of nitro groups is 1. The molecule has 2 rings (SSSR count). The Morgan fingerprint density at radius 1 is 1.39 bits per heavy atom. The number of thiophene rings is 1. The number of hydrogen-bond donors (Lipinski definition) is 2. The second kappa shape index (κ2) is 4.84. The van der Waals surface area contributed by atoms with Crippen molar-refractivity contribution in [2.45, 2.75) is 0 Å². The van der Waals surface area contributed by atoms with E-state index >= 15 is 0 Å². The first kappa shape index (κ1) is 12.1. The van der Waals surface area contributed by atoms with E-state index in [1.807, 2.05) is 5.38 Å². The van der Waals surface area contributed by atoms with Gasteiger partial charge in [-0.2, -0.15) is 11.3 Å². The largest absolute Gasteiger partial charge is 0.398 e. The summed E-state index contributed by atoms with van der Waals surface area (Å²) in [5, 5.41) is 16.8. The van der Waals surface area contributed by atoms with Crippen molar-refractivity contribution in [1.82, 2.24) is 0 Å². The normalized spacial score (nSPS) is 10.0. The van der Waals surface area contributed by atoms with Crippen LogP contribution in [0.25, 0.3) is 0 Å². The molecule has 0 atom stereocenters. The van der Waals surface area contributed by atoms with Gasteiger partial charge in [-0.1, -0.05) is 0 Å². The zero-order chi connectivity index (χ0) is 13.1. The third-order valence-corrected chi connectivity index (χ3v) is 2.95. The Labute approximate surface area is 106 Å². The highest BCUT2D eigenvalue weighted by molar-refractivity contribution is 7.08. The van der Waals surface area contributed by atoms with Crippen molar-refractivity contribution >= 4 is 34.3 Å². The van der Waals surface area contributed by atoms with Gasteiger partial charge in [0.2, 0.25) is 0 Å². The highest BCUT2D eigenvalue weighted by Gasteiger charge is 2.15. The Balaban J connectivity index is 2.29. The van der Waals surface area contributed by atoms with Crippen LogP contribution in [0, 0.1) is 10.1 Å². The molecular formula is C11H9N3O3S. The maximum absolute atomic E-state index is 11.9. The molecule has 0 aliphatic carbocycles. The fourth-order valence-corrected chi connectivity index (χ4v) is 1.98. The highest BCUT2D eigenvalue weighted by atomic mass is 32.1. The van der Waals surface area contributed by atoms with Crippen molar-refractivity contribution in [2.75, 3.05) is 11.1 Å². The molecule has 2 aromatic rings. The van der Waals surface area contributed by atoms with E-state index in [4.69, 9.17) is 5.73 Å². The summed E-state index contributed by atoms with van der Waals surface area (Å²) < 4.78 is 0. The van der Waals surface area contributed by atoms with E-state index < -0.39 is 10.8 Å². The fourth-order valence-electron chi connectivity index (χ4n) is 1.39. The maximum atomic E-state index is 11.9. The van der Waals surface area contributed by atoms with Crippen molar-refractivity contribution in [3.05, 3.63) is 50.7 Å². The fraction of sp³-hybridized carbons (Fsp3) is 0. The number of nitrogens with one attached hydrogen (secondary N) is 1. The molecule has 1 aromatic carbocycles. The third-order valence-electron chi connectivity index (χ3n) is 2.27. The number of amides is 1. The van der Waals surface area contributed by atoms with Crippen molar-refractivity contribution < 1.29 is 9.72 Å². The molecule has 3 N–H and O–H groups in total. The molecule has 92 valence electrons. The molecule has 0 saturated heterocycles. The van der Waals surface area contributed by atoms with Gasteiger partial charge in [-0.05, 0) is 17.5 Å². The molecule has 0 bridgehead atoms. The zero-order valence-corrected chi connectivity index (χ0v) is 9.94. The lowest BCUT2D eigenvalue weighted by molar-refractivity contribution is -0.384. The van der Waals surface area contributed by atoms with Crippen molar-refractivity contribution in [3.63, 3.8) is 0 Å². The molecule has 1 aromatic heterocycles. The third kappa shape index (κ3) is 2.46. The van der Waals surface area contributed by atoms with Gasteiger partial charge in [0, 0.05) is 23.2 Å². The smallest absolute Gasteiger partial charge is 0.270 e. The molecule has 0 spiro atoms. The van der Waals surface area contributed by atoms with E-state index in [0.29, 0.717) is 5.69 Å². The Morgan fingerprint density at radius 2 is 2.17 bits per heavy atom. The van der Waals surface area contributed by atoms with E-state index in [0.717, 1.165) is 6.07 Å². The van der Waals surface area contributed by atoms with Crippen LogP contribution in [-0.2, 0) is 0 Å². The summed E-state index contributed by atoms with van der Waals surface area (Å²) in [5.41, 5.74) is 6.40. The number of anilines is 2. The minimum atomic E-state index is -0.569. The average molecular weight is 263 g/mol. The van der Waals surface area contributed by atoms with E-state index in [1.54, 1.807) is 11.4 Å². The molecule has 1 amide bonds. The number of nitrogens with two attached hydrogens (primary N) is 1. The van der Waals surface area contributed by atoms with Crippen LogP contribution in [0.5, 0.6) is 0 Å². The molecule has 18 heavy (non-hydrogen) atoms. The molecule has 0 radical (unpaired) electrons. The first-order chi connectivity index (χ1) is 8.58. The van der Waals surface area contributed by atoms with Crippen LogP contribution in [0.4, 0.5) is 17.1 Å². The van der Waals surface area contributed by atoms with Gasteiger partial charge in [0.05, 0.1) is 16.2 Å². The first-order valence-electron chi connectivity index (χ1n) is 4.95. The number of hydrogen-bond acceptors (Lipinski definition) is 5. The summed E-state index contributed by atoms with van der Waals surface area (Å²) in [6, 6.07) is 5.50. The first-order valence-corrected chi connectivity index (χ1v) is 5.89. The lowest BCUT2D eigenvalue weighted by Crippen LogP contribution is -2.13. The number of benzene rings is 1. The van der Waals surface area contributed by atoms with Crippen LogP contribution in [0.1, 0.15) is 10.4 Å². The average Bonchev–Trinajstić information content (AvgIpc) is 2.81. The number of carbonyl (C=O) groups is 1. The number of rotatable bonds is 3. The van der Waals surface area contributed by atoms with Gasteiger partial charge in [0.15, 0.2) is 0 Å². The van der Waals surface area contributed by atoms with Gasteiger partial charge >= 0.3 is 0 Å². The minimum Gasteiger partial charge on any atom is -0.398 e. The topological polar surface area (TPSA) is 98.3 Å². The second-order valence-electron chi connectivity index (χ2n) is 3.49. The number of non-ortho nitro benzene ring substituents is 1. The zero-order valence-electron chi connectivity index (χ0n) is 9.12. The predicted octanol–water partition coefficient (Wildman–Crippen LogP) is 2.49. The molecule has 0 aliphatic rings. The SMILES string of the molecule is Nc1ccc([N+](=O)[O-])cc1C(=O)Nc1ccsc1. The molecule has 0 unspecified atom stereocenters. The summed E-state index contributed by atoms with van der Waals surface area (Å²) in [6.07, 6.45) is 0. The quantitative estimate of drug-likeness (QED) is 0.505. The Kier molecular flexibility index (Phi) is 3.24. The van der Waals surface area contributed by atoms with Gasteiger partial charge in [-0.3, -0.25) is 14.9 Å². The minimum absolute atomic E-state index is 0.0930.